The Morgan fingerprint density at radius 3 is 2.35 bits per heavy atom. The topological polar surface area (TPSA) is 20.2 Å². The minimum atomic E-state index is -1.15. The van der Waals surface area contributed by atoms with Gasteiger partial charge in [0.1, 0.15) is 17.5 Å². The molecule has 1 unspecified atom stereocenters. The Hall–Kier alpha value is -0.850. The monoisotopic (exact) mass is 408 g/mol. The molecule has 1 atom stereocenters. The number of hydrogen-bond donors (Lipinski definition) is 1. The highest BCUT2D eigenvalue weighted by atomic mass is 79.9. The maximum absolute atomic E-state index is 13.8. The van der Waals surface area contributed by atoms with Crippen LogP contribution in [0.25, 0.3) is 0 Å². The van der Waals surface area contributed by atoms with Crippen LogP contribution in [-0.4, -0.2) is 5.11 Å². The standard InChI is InChI=1S/C14H9Br2F3O/c15-10-3-4-12(18)9(14(10)19)6-13(20)8-2-1-7(17)5-11(8)16/h1-5,13,20H,6H2. The fraction of sp³-hybridized carbons (Fsp3) is 0.143. The lowest BCUT2D eigenvalue weighted by Crippen LogP contribution is -2.07. The quantitative estimate of drug-likeness (QED) is 0.714. The molecule has 0 bridgehead atoms. The third kappa shape index (κ3) is 3.24. The number of aliphatic hydroxyl groups is 1. The lowest BCUT2D eigenvalue weighted by Gasteiger charge is -2.14. The van der Waals surface area contributed by atoms with Gasteiger partial charge in [-0.05, 0) is 45.8 Å². The number of halogens is 5. The summed E-state index contributed by atoms with van der Waals surface area (Å²) >= 11 is 6.08. The summed E-state index contributed by atoms with van der Waals surface area (Å²) in [6.07, 6.45) is -1.40. The average molecular weight is 410 g/mol. The van der Waals surface area contributed by atoms with Gasteiger partial charge in [0.15, 0.2) is 0 Å². The molecule has 106 valence electrons. The van der Waals surface area contributed by atoms with Crippen LogP contribution in [0.3, 0.4) is 0 Å². The van der Waals surface area contributed by atoms with Crippen molar-refractivity contribution in [3.05, 3.63) is 67.9 Å². The maximum Gasteiger partial charge on any atom is 0.143 e. The van der Waals surface area contributed by atoms with Crippen LogP contribution in [0, 0.1) is 17.5 Å². The lowest BCUT2D eigenvalue weighted by molar-refractivity contribution is 0.174. The molecule has 1 N–H and O–H groups in total. The Balaban J connectivity index is 2.32. The van der Waals surface area contributed by atoms with E-state index in [-0.39, 0.29) is 16.5 Å². The predicted octanol–water partition coefficient (Wildman–Crippen LogP) is 4.91. The van der Waals surface area contributed by atoms with Crippen molar-refractivity contribution in [2.45, 2.75) is 12.5 Å². The predicted molar refractivity (Wildman–Crippen MR) is 76.8 cm³/mol. The second-order valence-electron chi connectivity index (χ2n) is 4.21. The van der Waals surface area contributed by atoms with E-state index in [1.807, 2.05) is 0 Å². The zero-order valence-corrected chi connectivity index (χ0v) is 13.2. The van der Waals surface area contributed by atoms with Crippen LogP contribution in [0.5, 0.6) is 0 Å². The van der Waals surface area contributed by atoms with E-state index in [0.717, 1.165) is 6.07 Å². The molecular weight excluding hydrogens is 401 g/mol. The second kappa shape index (κ2) is 6.28. The summed E-state index contributed by atoms with van der Waals surface area (Å²) in [4.78, 5) is 0. The Morgan fingerprint density at radius 2 is 1.70 bits per heavy atom. The molecule has 20 heavy (non-hydrogen) atoms. The third-order valence-electron chi connectivity index (χ3n) is 2.86. The number of benzene rings is 2. The summed E-state index contributed by atoms with van der Waals surface area (Å²) in [6.45, 7) is 0. The summed E-state index contributed by atoms with van der Waals surface area (Å²) in [5, 5.41) is 10.1. The van der Waals surface area contributed by atoms with Crippen molar-refractivity contribution in [3.8, 4) is 0 Å². The van der Waals surface area contributed by atoms with Crippen molar-refractivity contribution < 1.29 is 18.3 Å². The zero-order chi connectivity index (χ0) is 14.9. The van der Waals surface area contributed by atoms with Gasteiger partial charge in [0.25, 0.3) is 0 Å². The molecule has 0 heterocycles. The maximum atomic E-state index is 13.8. The normalized spacial score (nSPS) is 12.5. The first-order chi connectivity index (χ1) is 9.40. The zero-order valence-electron chi connectivity index (χ0n) is 10.0. The molecule has 0 fully saturated rings. The molecule has 0 aliphatic rings. The van der Waals surface area contributed by atoms with Gasteiger partial charge in [-0.2, -0.15) is 0 Å². The molecule has 2 aromatic rings. The molecule has 1 nitrogen and oxygen atoms in total. The Labute approximate surface area is 130 Å². The molecule has 0 saturated carbocycles. The Bertz CT molecular complexity index is 647. The van der Waals surface area contributed by atoms with Crippen LogP contribution in [0.4, 0.5) is 13.2 Å². The van der Waals surface area contributed by atoms with E-state index in [0.29, 0.717) is 10.0 Å². The van der Waals surface area contributed by atoms with Gasteiger partial charge in [-0.3, -0.25) is 0 Å². The van der Waals surface area contributed by atoms with Gasteiger partial charge in [0.05, 0.1) is 10.6 Å². The molecule has 0 aromatic heterocycles. The van der Waals surface area contributed by atoms with Crippen molar-refractivity contribution >= 4 is 31.9 Å². The second-order valence-corrected chi connectivity index (χ2v) is 5.92. The lowest BCUT2D eigenvalue weighted by atomic mass is 10.0. The van der Waals surface area contributed by atoms with Crippen molar-refractivity contribution in [3.63, 3.8) is 0 Å². The average Bonchev–Trinajstić information content (AvgIpc) is 2.39. The van der Waals surface area contributed by atoms with Gasteiger partial charge in [0, 0.05) is 16.5 Å². The smallest absolute Gasteiger partial charge is 0.143 e. The first kappa shape index (κ1) is 15.5. The van der Waals surface area contributed by atoms with Gasteiger partial charge in [-0.25, -0.2) is 13.2 Å². The van der Waals surface area contributed by atoms with Crippen molar-refractivity contribution in [2.24, 2.45) is 0 Å². The molecule has 0 aliphatic carbocycles. The van der Waals surface area contributed by atoms with E-state index >= 15 is 0 Å². The molecular formula is C14H9Br2F3O. The summed E-state index contributed by atoms with van der Waals surface area (Å²) in [5.74, 6) is -1.95. The van der Waals surface area contributed by atoms with Crippen molar-refractivity contribution in [1.82, 2.24) is 0 Å². The SMILES string of the molecule is OC(Cc1c(F)ccc(Br)c1F)c1ccc(F)cc1Br. The summed E-state index contributed by atoms with van der Waals surface area (Å²) in [6, 6.07) is 6.12. The minimum absolute atomic E-state index is 0.124. The Morgan fingerprint density at radius 1 is 1.00 bits per heavy atom. The molecule has 0 saturated heterocycles. The molecule has 0 radical (unpaired) electrons. The van der Waals surface area contributed by atoms with E-state index in [2.05, 4.69) is 31.9 Å². The highest BCUT2D eigenvalue weighted by Crippen LogP contribution is 2.30. The number of aliphatic hydroxyl groups excluding tert-OH is 1. The van der Waals surface area contributed by atoms with Gasteiger partial charge in [-0.15, -0.1) is 0 Å². The fourth-order valence-corrected chi connectivity index (χ4v) is 2.82. The largest absolute Gasteiger partial charge is 0.388 e. The molecule has 0 spiro atoms. The summed E-state index contributed by atoms with van der Waals surface area (Å²) in [7, 11) is 0. The summed E-state index contributed by atoms with van der Waals surface area (Å²) in [5.41, 5.74) is 0.147. The number of rotatable bonds is 3. The first-order valence-corrected chi connectivity index (χ1v) is 7.24. The molecule has 6 heteroatoms. The molecule has 2 rings (SSSR count). The van der Waals surface area contributed by atoms with Crippen LogP contribution < -0.4 is 0 Å². The highest BCUT2D eigenvalue weighted by Gasteiger charge is 2.19. The van der Waals surface area contributed by atoms with E-state index < -0.39 is 23.6 Å². The van der Waals surface area contributed by atoms with E-state index in [9.17, 15) is 18.3 Å². The van der Waals surface area contributed by atoms with E-state index in [4.69, 9.17) is 0 Å². The van der Waals surface area contributed by atoms with E-state index in [1.165, 1.54) is 24.3 Å². The molecule has 2 aromatic carbocycles. The van der Waals surface area contributed by atoms with Crippen LogP contribution in [0.2, 0.25) is 0 Å². The van der Waals surface area contributed by atoms with Crippen molar-refractivity contribution in [1.29, 1.82) is 0 Å². The van der Waals surface area contributed by atoms with Crippen LogP contribution >= 0.6 is 31.9 Å². The van der Waals surface area contributed by atoms with Crippen LogP contribution in [0.1, 0.15) is 17.2 Å². The number of hydrogen-bond acceptors (Lipinski definition) is 1. The van der Waals surface area contributed by atoms with Crippen LogP contribution in [-0.2, 0) is 6.42 Å². The van der Waals surface area contributed by atoms with Gasteiger partial charge in [0.2, 0.25) is 0 Å². The van der Waals surface area contributed by atoms with Crippen molar-refractivity contribution in [2.75, 3.05) is 0 Å². The summed E-state index contributed by atoms with van der Waals surface area (Å²) < 4.78 is 40.9. The Kier molecular flexibility index (Phi) is 4.88. The minimum Gasteiger partial charge on any atom is -0.388 e. The first-order valence-electron chi connectivity index (χ1n) is 5.65. The van der Waals surface area contributed by atoms with Gasteiger partial charge in [-0.1, -0.05) is 22.0 Å². The molecule has 0 aliphatic heterocycles. The van der Waals surface area contributed by atoms with Gasteiger partial charge >= 0.3 is 0 Å². The van der Waals surface area contributed by atoms with Crippen LogP contribution in [0.15, 0.2) is 39.3 Å². The highest BCUT2D eigenvalue weighted by molar-refractivity contribution is 9.10. The molecule has 0 amide bonds. The fourth-order valence-electron chi connectivity index (χ4n) is 1.83. The van der Waals surface area contributed by atoms with E-state index in [1.54, 1.807) is 0 Å². The third-order valence-corrected chi connectivity index (χ3v) is 4.16. The van der Waals surface area contributed by atoms with Gasteiger partial charge < -0.3 is 5.11 Å².